The number of hydrogen-bond acceptors (Lipinski definition) is 3. The van der Waals surface area contributed by atoms with Crippen molar-refractivity contribution in [2.24, 2.45) is 0 Å². The zero-order valence-corrected chi connectivity index (χ0v) is 13.8. The molecule has 134 valence electrons. The van der Waals surface area contributed by atoms with Gasteiger partial charge >= 0.3 is 0 Å². The smallest absolute Gasteiger partial charge is 0.256 e. The minimum absolute atomic E-state index is 0.171. The fourth-order valence-corrected chi connectivity index (χ4v) is 3.03. The first kappa shape index (κ1) is 18.0. The van der Waals surface area contributed by atoms with E-state index in [4.69, 9.17) is 0 Å². The normalized spacial score (nSPS) is 16.2. The average molecular weight is 359 g/mol. The highest BCUT2D eigenvalue weighted by molar-refractivity contribution is 5.94. The van der Waals surface area contributed by atoms with Gasteiger partial charge in [-0.1, -0.05) is 12.1 Å². The lowest BCUT2D eigenvalue weighted by Crippen LogP contribution is -2.49. The zero-order chi connectivity index (χ0) is 18.7. The summed E-state index contributed by atoms with van der Waals surface area (Å²) in [6.45, 7) is 1.47. The Balaban J connectivity index is 1.67. The maximum atomic E-state index is 13.8. The van der Waals surface area contributed by atoms with Crippen molar-refractivity contribution in [1.82, 2.24) is 9.80 Å². The van der Waals surface area contributed by atoms with Gasteiger partial charge in [0.15, 0.2) is 0 Å². The minimum Gasteiger partial charge on any atom is -0.336 e. The highest BCUT2D eigenvalue weighted by atomic mass is 19.1. The van der Waals surface area contributed by atoms with Gasteiger partial charge < -0.3 is 4.90 Å². The molecule has 0 saturated carbocycles. The Bertz CT molecular complexity index is 840. The van der Waals surface area contributed by atoms with Crippen molar-refractivity contribution in [3.63, 3.8) is 0 Å². The van der Waals surface area contributed by atoms with E-state index in [1.165, 1.54) is 17.0 Å². The standard InChI is InChI=1S/C19H16F3N3O/c20-14-3-1-13(2-4-14)18(12-23)24-7-9-25(10-8-24)19(26)16-6-5-15(21)11-17(16)22/h1-6,11,18H,7-10H2. The van der Waals surface area contributed by atoms with E-state index < -0.39 is 23.6 Å². The predicted molar refractivity (Wildman–Crippen MR) is 88.6 cm³/mol. The Morgan fingerprint density at radius 1 is 0.962 bits per heavy atom. The zero-order valence-electron chi connectivity index (χ0n) is 13.8. The quantitative estimate of drug-likeness (QED) is 0.846. The van der Waals surface area contributed by atoms with Crippen molar-refractivity contribution < 1.29 is 18.0 Å². The number of carbonyl (C=O) groups is 1. The third-order valence-electron chi connectivity index (χ3n) is 4.44. The Labute approximate surface area is 149 Å². The van der Waals surface area contributed by atoms with Crippen LogP contribution in [0.1, 0.15) is 22.0 Å². The number of carbonyl (C=O) groups excluding carboxylic acids is 1. The summed E-state index contributed by atoms with van der Waals surface area (Å²) in [5, 5.41) is 9.47. The van der Waals surface area contributed by atoms with E-state index in [2.05, 4.69) is 6.07 Å². The van der Waals surface area contributed by atoms with Gasteiger partial charge in [0, 0.05) is 32.2 Å². The molecule has 26 heavy (non-hydrogen) atoms. The van der Waals surface area contributed by atoms with Crippen molar-refractivity contribution in [2.45, 2.75) is 6.04 Å². The summed E-state index contributed by atoms with van der Waals surface area (Å²) in [5.41, 5.74) is 0.508. The molecule has 0 radical (unpaired) electrons. The van der Waals surface area contributed by atoms with E-state index in [0.717, 1.165) is 12.1 Å². The van der Waals surface area contributed by atoms with Crippen LogP contribution in [0.5, 0.6) is 0 Å². The first-order chi connectivity index (χ1) is 12.5. The van der Waals surface area contributed by atoms with Crippen molar-refractivity contribution in [3.05, 3.63) is 71.0 Å². The fourth-order valence-electron chi connectivity index (χ4n) is 3.03. The second-order valence-corrected chi connectivity index (χ2v) is 6.04. The molecule has 0 N–H and O–H groups in total. The van der Waals surface area contributed by atoms with Gasteiger partial charge in [-0.2, -0.15) is 5.26 Å². The maximum Gasteiger partial charge on any atom is 0.256 e. The first-order valence-electron chi connectivity index (χ1n) is 8.13. The van der Waals surface area contributed by atoms with Gasteiger partial charge in [-0.3, -0.25) is 9.69 Å². The summed E-state index contributed by atoms with van der Waals surface area (Å²) in [5.74, 6) is -2.50. The van der Waals surface area contributed by atoms with Crippen molar-refractivity contribution in [3.8, 4) is 6.07 Å². The van der Waals surface area contributed by atoms with Gasteiger partial charge in [0.25, 0.3) is 5.91 Å². The van der Waals surface area contributed by atoms with E-state index in [1.54, 1.807) is 12.1 Å². The van der Waals surface area contributed by atoms with E-state index in [9.17, 15) is 23.2 Å². The van der Waals surface area contributed by atoms with Gasteiger partial charge in [0.05, 0.1) is 11.6 Å². The molecular weight excluding hydrogens is 343 g/mol. The van der Waals surface area contributed by atoms with Crippen molar-refractivity contribution in [1.29, 1.82) is 5.26 Å². The van der Waals surface area contributed by atoms with Crippen LogP contribution in [0.25, 0.3) is 0 Å². The van der Waals surface area contributed by atoms with E-state index in [-0.39, 0.29) is 11.4 Å². The largest absolute Gasteiger partial charge is 0.336 e. The number of halogens is 3. The minimum atomic E-state index is -0.890. The highest BCUT2D eigenvalue weighted by Crippen LogP contribution is 2.23. The summed E-state index contributed by atoms with van der Waals surface area (Å²) < 4.78 is 39.9. The van der Waals surface area contributed by atoms with Crippen LogP contribution in [0, 0.1) is 28.8 Å². The fraction of sp³-hybridized carbons (Fsp3) is 0.263. The maximum absolute atomic E-state index is 13.8. The number of amides is 1. The molecule has 1 heterocycles. The molecule has 1 unspecified atom stereocenters. The molecule has 1 atom stereocenters. The SMILES string of the molecule is N#CC(c1ccc(F)cc1)N1CCN(C(=O)c2ccc(F)cc2F)CC1. The Hall–Kier alpha value is -2.85. The highest BCUT2D eigenvalue weighted by Gasteiger charge is 2.28. The average Bonchev–Trinajstić information content (AvgIpc) is 2.64. The molecular formula is C19H16F3N3O. The van der Waals surface area contributed by atoms with Crippen LogP contribution < -0.4 is 0 Å². The number of hydrogen-bond donors (Lipinski definition) is 0. The Morgan fingerprint density at radius 2 is 1.58 bits per heavy atom. The Morgan fingerprint density at radius 3 is 2.15 bits per heavy atom. The number of nitrogens with zero attached hydrogens (tertiary/aromatic N) is 3. The van der Waals surface area contributed by atoms with Crippen LogP contribution in [0.4, 0.5) is 13.2 Å². The summed E-state index contributed by atoms with van der Waals surface area (Å²) in [4.78, 5) is 15.8. The van der Waals surface area contributed by atoms with Crippen LogP contribution in [0.3, 0.4) is 0 Å². The monoisotopic (exact) mass is 359 g/mol. The Kier molecular flexibility index (Phi) is 5.24. The van der Waals surface area contributed by atoms with Crippen molar-refractivity contribution in [2.75, 3.05) is 26.2 Å². The molecule has 0 aliphatic carbocycles. The van der Waals surface area contributed by atoms with Crippen LogP contribution >= 0.6 is 0 Å². The van der Waals surface area contributed by atoms with Crippen LogP contribution in [-0.4, -0.2) is 41.9 Å². The molecule has 0 bridgehead atoms. The third kappa shape index (κ3) is 3.70. The number of nitriles is 1. The predicted octanol–water partition coefficient (Wildman–Crippen LogP) is 3.13. The summed E-state index contributed by atoms with van der Waals surface area (Å²) in [7, 11) is 0. The third-order valence-corrected chi connectivity index (χ3v) is 4.44. The van der Waals surface area contributed by atoms with Gasteiger partial charge in [-0.25, -0.2) is 13.2 Å². The van der Waals surface area contributed by atoms with Crippen molar-refractivity contribution >= 4 is 5.91 Å². The summed E-state index contributed by atoms with van der Waals surface area (Å²) in [6, 6.07) is 10.3. The molecule has 2 aromatic carbocycles. The lowest BCUT2D eigenvalue weighted by Gasteiger charge is -2.37. The molecule has 7 heteroatoms. The molecule has 1 aliphatic rings. The lowest BCUT2D eigenvalue weighted by molar-refractivity contribution is 0.0602. The van der Waals surface area contributed by atoms with Gasteiger partial charge in [-0.05, 0) is 29.8 Å². The van der Waals surface area contributed by atoms with Gasteiger partial charge in [0.2, 0.25) is 0 Å². The molecule has 1 fully saturated rings. The summed E-state index contributed by atoms with van der Waals surface area (Å²) in [6.07, 6.45) is 0. The van der Waals surface area contributed by atoms with Gasteiger partial charge in [-0.15, -0.1) is 0 Å². The van der Waals surface area contributed by atoms with Gasteiger partial charge in [0.1, 0.15) is 23.5 Å². The number of benzene rings is 2. The molecule has 4 nitrogen and oxygen atoms in total. The molecule has 1 aliphatic heterocycles. The second kappa shape index (κ2) is 7.58. The summed E-state index contributed by atoms with van der Waals surface area (Å²) >= 11 is 0. The second-order valence-electron chi connectivity index (χ2n) is 6.04. The van der Waals surface area contributed by atoms with Crippen LogP contribution in [0.15, 0.2) is 42.5 Å². The topological polar surface area (TPSA) is 47.3 Å². The van der Waals surface area contributed by atoms with E-state index in [1.807, 2.05) is 4.90 Å². The van der Waals surface area contributed by atoms with Crippen LogP contribution in [0.2, 0.25) is 0 Å². The molecule has 0 spiro atoms. The lowest BCUT2D eigenvalue weighted by atomic mass is 10.1. The number of piperazine rings is 1. The van der Waals surface area contributed by atoms with E-state index in [0.29, 0.717) is 37.8 Å². The molecule has 3 rings (SSSR count). The molecule has 1 saturated heterocycles. The molecule has 2 aromatic rings. The molecule has 0 aromatic heterocycles. The van der Waals surface area contributed by atoms with E-state index >= 15 is 0 Å². The van der Waals surface area contributed by atoms with Crippen LogP contribution in [-0.2, 0) is 0 Å². The first-order valence-corrected chi connectivity index (χ1v) is 8.13. The number of rotatable bonds is 3. The molecule has 1 amide bonds.